The summed E-state index contributed by atoms with van der Waals surface area (Å²) in [6, 6.07) is 10.4. The minimum atomic E-state index is -1.10. The molecule has 1 aromatic carbocycles. The molecule has 9 heteroatoms. The standard InChI is InChI=1S/C22H23N3O6/c1-30-18(26)14-24-20(28)22(25(21(24)29)13-16-5-3-2-4-6-16)8-10-23(11-9-22)19(27)17-7-12-31-15-17/h2-7,12,15H,8-11,13-14H2,1H3. The van der Waals surface area contributed by atoms with E-state index in [1.54, 1.807) is 11.0 Å². The molecule has 9 nitrogen and oxygen atoms in total. The van der Waals surface area contributed by atoms with E-state index in [1.165, 1.54) is 24.5 Å². The first kappa shape index (κ1) is 20.6. The Morgan fingerprint density at radius 1 is 1.10 bits per heavy atom. The Kier molecular flexibility index (Phi) is 5.50. The summed E-state index contributed by atoms with van der Waals surface area (Å²) in [4.78, 5) is 55.2. The molecule has 1 spiro atoms. The van der Waals surface area contributed by atoms with Gasteiger partial charge in [0, 0.05) is 19.6 Å². The molecule has 0 N–H and O–H groups in total. The predicted octanol–water partition coefficient (Wildman–Crippen LogP) is 1.89. The van der Waals surface area contributed by atoms with Gasteiger partial charge < -0.3 is 19.0 Å². The fourth-order valence-corrected chi connectivity index (χ4v) is 4.23. The van der Waals surface area contributed by atoms with Gasteiger partial charge in [-0.15, -0.1) is 0 Å². The number of carbonyl (C=O) groups is 4. The summed E-state index contributed by atoms with van der Waals surface area (Å²) in [5.41, 5.74) is 0.215. The summed E-state index contributed by atoms with van der Waals surface area (Å²) in [5, 5.41) is 0. The number of ether oxygens (including phenoxy) is 1. The van der Waals surface area contributed by atoms with Crippen LogP contribution in [-0.2, 0) is 20.9 Å². The Bertz CT molecular complexity index is 980. The molecule has 2 aliphatic rings. The number of imide groups is 1. The maximum absolute atomic E-state index is 13.4. The fraction of sp³-hybridized carbons (Fsp3) is 0.364. The lowest BCUT2D eigenvalue weighted by Gasteiger charge is -2.42. The molecule has 3 heterocycles. The van der Waals surface area contributed by atoms with Crippen molar-refractivity contribution >= 4 is 23.8 Å². The number of likely N-dealkylation sites (tertiary alicyclic amines) is 1. The smallest absolute Gasteiger partial charge is 0.328 e. The highest BCUT2D eigenvalue weighted by molar-refractivity contribution is 6.09. The van der Waals surface area contributed by atoms with Crippen LogP contribution in [0.15, 0.2) is 53.3 Å². The molecular weight excluding hydrogens is 402 g/mol. The van der Waals surface area contributed by atoms with Crippen molar-refractivity contribution in [3.05, 3.63) is 60.1 Å². The van der Waals surface area contributed by atoms with Crippen molar-refractivity contribution < 1.29 is 28.3 Å². The van der Waals surface area contributed by atoms with Crippen molar-refractivity contribution in [3.63, 3.8) is 0 Å². The average molecular weight is 425 g/mol. The number of urea groups is 1. The lowest BCUT2D eigenvalue weighted by molar-refractivity contribution is -0.146. The molecule has 0 atom stereocenters. The van der Waals surface area contributed by atoms with Gasteiger partial charge in [0.15, 0.2) is 0 Å². The summed E-state index contributed by atoms with van der Waals surface area (Å²) in [6.07, 6.45) is 3.39. The molecule has 0 aliphatic carbocycles. The zero-order chi connectivity index (χ0) is 22.0. The van der Waals surface area contributed by atoms with Crippen molar-refractivity contribution in [1.82, 2.24) is 14.7 Å². The second kappa shape index (κ2) is 8.25. The zero-order valence-electron chi connectivity index (χ0n) is 17.2. The summed E-state index contributed by atoms with van der Waals surface area (Å²) >= 11 is 0. The second-order valence-electron chi connectivity index (χ2n) is 7.66. The number of rotatable bonds is 5. The van der Waals surface area contributed by atoms with Gasteiger partial charge in [-0.2, -0.15) is 0 Å². The molecule has 0 bridgehead atoms. The van der Waals surface area contributed by atoms with Gasteiger partial charge in [-0.1, -0.05) is 30.3 Å². The molecule has 0 unspecified atom stereocenters. The van der Waals surface area contributed by atoms with E-state index >= 15 is 0 Å². The molecule has 2 fully saturated rings. The summed E-state index contributed by atoms with van der Waals surface area (Å²) in [5.74, 6) is -1.26. The number of esters is 1. The molecule has 31 heavy (non-hydrogen) atoms. The summed E-state index contributed by atoms with van der Waals surface area (Å²) < 4.78 is 9.65. The highest BCUT2D eigenvalue weighted by atomic mass is 16.5. The van der Waals surface area contributed by atoms with Crippen molar-refractivity contribution in [2.45, 2.75) is 24.9 Å². The maximum Gasteiger partial charge on any atom is 0.328 e. The van der Waals surface area contributed by atoms with Crippen molar-refractivity contribution in [3.8, 4) is 0 Å². The van der Waals surface area contributed by atoms with Crippen LogP contribution in [-0.4, -0.2) is 70.8 Å². The van der Waals surface area contributed by atoms with Gasteiger partial charge >= 0.3 is 12.0 Å². The van der Waals surface area contributed by atoms with Gasteiger partial charge in [0.2, 0.25) is 0 Å². The van der Waals surface area contributed by atoms with Crippen molar-refractivity contribution in [1.29, 1.82) is 0 Å². The Morgan fingerprint density at radius 3 is 2.42 bits per heavy atom. The molecule has 2 saturated heterocycles. The molecule has 2 aliphatic heterocycles. The highest BCUT2D eigenvalue weighted by Gasteiger charge is 2.58. The third kappa shape index (κ3) is 3.67. The number of hydrogen-bond acceptors (Lipinski definition) is 6. The predicted molar refractivity (Wildman–Crippen MR) is 108 cm³/mol. The van der Waals surface area contributed by atoms with Crippen molar-refractivity contribution in [2.24, 2.45) is 0 Å². The number of piperidine rings is 1. The number of methoxy groups -OCH3 is 1. The second-order valence-corrected chi connectivity index (χ2v) is 7.66. The molecule has 0 radical (unpaired) electrons. The minimum absolute atomic E-state index is 0.179. The van der Waals surface area contributed by atoms with E-state index < -0.39 is 30.0 Å². The van der Waals surface area contributed by atoms with Gasteiger partial charge in [-0.05, 0) is 24.5 Å². The lowest BCUT2D eigenvalue weighted by atomic mass is 9.85. The molecule has 162 valence electrons. The number of hydrogen-bond donors (Lipinski definition) is 0. The molecular formula is C22H23N3O6. The minimum Gasteiger partial charge on any atom is -0.472 e. The number of benzene rings is 1. The maximum atomic E-state index is 13.4. The monoisotopic (exact) mass is 425 g/mol. The molecule has 0 saturated carbocycles. The van der Waals surface area contributed by atoms with Crippen LogP contribution in [0.4, 0.5) is 4.79 Å². The highest BCUT2D eigenvalue weighted by Crippen LogP contribution is 2.38. The third-order valence-electron chi connectivity index (χ3n) is 5.97. The van der Waals surface area contributed by atoms with Crippen LogP contribution in [0.1, 0.15) is 28.8 Å². The lowest BCUT2D eigenvalue weighted by Crippen LogP contribution is -2.57. The Labute approximate surface area is 179 Å². The quantitative estimate of drug-likeness (QED) is 0.536. The van der Waals surface area contributed by atoms with E-state index in [9.17, 15) is 19.2 Å². The largest absolute Gasteiger partial charge is 0.472 e. The summed E-state index contributed by atoms with van der Waals surface area (Å²) in [6.45, 7) is 0.415. The van der Waals surface area contributed by atoms with Gasteiger partial charge in [0.25, 0.3) is 11.8 Å². The van der Waals surface area contributed by atoms with E-state index in [2.05, 4.69) is 4.74 Å². The third-order valence-corrected chi connectivity index (χ3v) is 5.97. The van der Waals surface area contributed by atoms with Gasteiger partial charge in [0.1, 0.15) is 18.3 Å². The van der Waals surface area contributed by atoms with Gasteiger partial charge in [0.05, 0.1) is 18.9 Å². The first-order valence-electron chi connectivity index (χ1n) is 10.0. The Hall–Kier alpha value is -3.62. The van der Waals surface area contributed by atoms with Gasteiger partial charge in [-0.3, -0.25) is 19.3 Å². The molecule has 2 aromatic rings. The van der Waals surface area contributed by atoms with Crippen LogP contribution in [0.5, 0.6) is 0 Å². The zero-order valence-corrected chi connectivity index (χ0v) is 17.2. The average Bonchev–Trinajstić information content (AvgIpc) is 3.40. The van der Waals surface area contributed by atoms with E-state index in [0.717, 1.165) is 10.5 Å². The Morgan fingerprint density at radius 2 is 1.81 bits per heavy atom. The van der Waals surface area contributed by atoms with E-state index in [0.29, 0.717) is 18.7 Å². The van der Waals surface area contributed by atoms with E-state index in [4.69, 9.17) is 4.42 Å². The first-order chi connectivity index (χ1) is 15.0. The van der Waals surface area contributed by atoms with Crippen LogP contribution in [0.3, 0.4) is 0 Å². The van der Waals surface area contributed by atoms with Crippen molar-refractivity contribution in [2.75, 3.05) is 26.7 Å². The number of carbonyl (C=O) groups excluding carboxylic acids is 4. The van der Waals surface area contributed by atoms with Crippen LogP contribution < -0.4 is 0 Å². The molecule has 1 aromatic heterocycles. The fourth-order valence-electron chi connectivity index (χ4n) is 4.23. The van der Waals surface area contributed by atoms with Crippen LogP contribution in [0, 0.1) is 0 Å². The van der Waals surface area contributed by atoms with Crippen LogP contribution in [0.25, 0.3) is 0 Å². The van der Waals surface area contributed by atoms with Crippen LogP contribution >= 0.6 is 0 Å². The normalized spacial score (nSPS) is 18.0. The molecule has 4 amide bonds. The number of amides is 4. The number of nitrogens with zero attached hydrogens (tertiary/aromatic N) is 3. The first-order valence-corrected chi connectivity index (χ1v) is 10.0. The Balaban J connectivity index is 1.59. The van der Waals surface area contributed by atoms with Crippen LogP contribution in [0.2, 0.25) is 0 Å². The topological polar surface area (TPSA) is 100 Å². The van der Waals surface area contributed by atoms with Gasteiger partial charge in [-0.25, -0.2) is 4.79 Å². The van der Waals surface area contributed by atoms with E-state index in [-0.39, 0.29) is 25.3 Å². The summed E-state index contributed by atoms with van der Waals surface area (Å²) in [7, 11) is 1.21. The number of furan rings is 1. The van der Waals surface area contributed by atoms with E-state index in [1.807, 2.05) is 30.3 Å². The SMILES string of the molecule is COC(=O)CN1C(=O)N(Cc2ccccc2)C2(CCN(C(=O)c3ccoc3)CC2)C1=O. The molecule has 4 rings (SSSR count).